The lowest BCUT2D eigenvalue weighted by atomic mass is 10.3. The number of likely N-dealkylation sites (N-methyl/N-ethyl adjacent to an activating group) is 1. The molecule has 0 amide bonds. The first-order valence-corrected chi connectivity index (χ1v) is 5.23. The highest BCUT2D eigenvalue weighted by Crippen LogP contribution is 1.97. The molecule has 0 aliphatic carbocycles. The molecule has 0 aliphatic rings. The minimum Gasteiger partial charge on any atom is -0.312 e. The fourth-order valence-electron chi connectivity index (χ4n) is 1.32. The summed E-state index contributed by atoms with van der Waals surface area (Å²) in [7, 11) is 2.10. The van der Waals surface area contributed by atoms with E-state index in [-0.39, 0.29) is 0 Å². The lowest BCUT2D eigenvalue weighted by molar-refractivity contribution is 0.322. The highest BCUT2D eigenvalue weighted by atomic mass is 15.1. The summed E-state index contributed by atoms with van der Waals surface area (Å²) in [6, 6.07) is 6.01. The zero-order valence-electron chi connectivity index (χ0n) is 9.32. The molecule has 0 fully saturated rings. The Hall–Kier alpha value is -1.19. The molecular formula is C12H19N3. The van der Waals surface area contributed by atoms with Crippen LogP contribution in [0, 0.1) is 0 Å². The monoisotopic (exact) mass is 205 g/mol. The second-order valence-electron chi connectivity index (χ2n) is 3.55. The van der Waals surface area contributed by atoms with Gasteiger partial charge in [-0.1, -0.05) is 12.1 Å². The maximum Gasteiger partial charge on any atom is 0.0543 e. The van der Waals surface area contributed by atoms with Crippen LogP contribution in [0.2, 0.25) is 0 Å². The van der Waals surface area contributed by atoms with Gasteiger partial charge in [0.05, 0.1) is 5.69 Å². The van der Waals surface area contributed by atoms with Crippen LogP contribution in [0.5, 0.6) is 0 Å². The van der Waals surface area contributed by atoms with Gasteiger partial charge in [0, 0.05) is 32.4 Å². The molecule has 0 bridgehead atoms. The van der Waals surface area contributed by atoms with Gasteiger partial charge >= 0.3 is 0 Å². The Morgan fingerprint density at radius 1 is 1.53 bits per heavy atom. The Labute approximate surface area is 91.8 Å². The van der Waals surface area contributed by atoms with Crippen LogP contribution in [0.4, 0.5) is 0 Å². The van der Waals surface area contributed by atoms with Gasteiger partial charge in [-0.25, -0.2) is 0 Å². The van der Waals surface area contributed by atoms with Crippen LogP contribution in [0.1, 0.15) is 5.69 Å². The molecule has 0 aromatic carbocycles. The summed E-state index contributed by atoms with van der Waals surface area (Å²) in [6.07, 6.45) is 3.71. The summed E-state index contributed by atoms with van der Waals surface area (Å²) in [5.41, 5.74) is 1.11. The summed E-state index contributed by atoms with van der Waals surface area (Å²) in [5, 5.41) is 3.27. The number of nitrogens with one attached hydrogen (secondary N) is 1. The Kier molecular flexibility index (Phi) is 5.66. The fraction of sp³-hybridized carbons (Fsp3) is 0.417. The van der Waals surface area contributed by atoms with E-state index in [0.29, 0.717) is 0 Å². The van der Waals surface area contributed by atoms with Crippen molar-refractivity contribution in [3.05, 3.63) is 42.7 Å². The highest BCUT2D eigenvalue weighted by molar-refractivity contribution is 5.02. The van der Waals surface area contributed by atoms with E-state index >= 15 is 0 Å². The number of nitrogens with zero attached hydrogens (tertiary/aromatic N) is 2. The molecule has 0 saturated carbocycles. The second kappa shape index (κ2) is 7.15. The highest BCUT2D eigenvalue weighted by Gasteiger charge is 1.99. The number of aromatic nitrogens is 1. The van der Waals surface area contributed by atoms with Crippen molar-refractivity contribution in [2.75, 3.05) is 26.7 Å². The third-order valence-electron chi connectivity index (χ3n) is 2.12. The average molecular weight is 205 g/mol. The molecule has 1 aromatic heterocycles. The minimum absolute atomic E-state index is 0.872. The van der Waals surface area contributed by atoms with Gasteiger partial charge in [0.2, 0.25) is 0 Å². The van der Waals surface area contributed by atoms with Crippen LogP contribution < -0.4 is 5.32 Å². The molecule has 0 radical (unpaired) electrons. The van der Waals surface area contributed by atoms with Gasteiger partial charge in [-0.2, -0.15) is 0 Å². The molecule has 0 unspecified atom stereocenters. The van der Waals surface area contributed by atoms with E-state index in [1.807, 2.05) is 30.5 Å². The van der Waals surface area contributed by atoms with Crippen LogP contribution in [0.15, 0.2) is 37.1 Å². The quantitative estimate of drug-likeness (QED) is 0.537. The molecule has 3 heteroatoms. The molecule has 1 heterocycles. The van der Waals surface area contributed by atoms with E-state index in [4.69, 9.17) is 0 Å². The summed E-state index contributed by atoms with van der Waals surface area (Å²) in [5.74, 6) is 0. The van der Waals surface area contributed by atoms with E-state index in [2.05, 4.69) is 28.8 Å². The van der Waals surface area contributed by atoms with Crippen LogP contribution in [-0.4, -0.2) is 36.6 Å². The zero-order valence-corrected chi connectivity index (χ0v) is 9.32. The van der Waals surface area contributed by atoms with Crippen molar-refractivity contribution in [1.82, 2.24) is 15.2 Å². The van der Waals surface area contributed by atoms with Crippen LogP contribution in [0.25, 0.3) is 0 Å². The smallest absolute Gasteiger partial charge is 0.0543 e. The zero-order chi connectivity index (χ0) is 10.9. The van der Waals surface area contributed by atoms with Crippen molar-refractivity contribution in [2.45, 2.75) is 6.54 Å². The predicted molar refractivity (Wildman–Crippen MR) is 63.6 cm³/mol. The number of hydrogen-bond acceptors (Lipinski definition) is 3. The van der Waals surface area contributed by atoms with E-state index in [1.54, 1.807) is 0 Å². The van der Waals surface area contributed by atoms with Crippen LogP contribution in [0.3, 0.4) is 0 Å². The van der Waals surface area contributed by atoms with Crippen molar-refractivity contribution in [3.63, 3.8) is 0 Å². The van der Waals surface area contributed by atoms with Gasteiger partial charge in [0.25, 0.3) is 0 Å². The Bertz CT molecular complexity index is 271. The van der Waals surface area contributed by atoms with Crippen LogP contribution >= 0.6 is 0 Å². The van der Waals surface area contributed by atoms with Gasteiger partial charge in [0.15, 0.2) is 0 Å². The van der Waals surface area contributed by atoms with Crippen molar-refractivity contribution in [2.24, 2.45) is 0 Å². The van der Waals surface area contributed by atoms with Crippen molar-refractivity contribution in [1.29, 1.82) is 0 Å². The van der Waals surface area contributed by atoms with Gasteiger partial charge in [-0.15, -0.1) is 6.58 Å². The maximum atomic E-state index is 4.28. The molecule has 15 heavy (non-hydrogen) atoms. The van der Waals surface area contributed by atoms with Gasteiger partial charge < -0.3 is 5.32 Å². The number of rotatable bonds is 7. The largest absolute Gasteiger partial charge is 0.312 e. The first-order chi connectivity index (χ1) is 7.33. The normalized spacial score (nSPS) is 10.5. The molecule has 82 valence electrons. The SMILES string of the molecule is C=CCNCCN(C)Cc1ccccn1. The van der Waals surface area contributed by atoms with E-state index < -0.39 is 0 Å². The van der Waals surface area contributed by atoms with Gasteiger partial charge in [-0.3, -0.25) is 9.88 Å². The third-order valence-corrected chi connectivity index (χ3v) is 2.12. The van der Waals surface area contributed by atoms with Crippen LogP contribution in [-0.2, 0) is 6.54 Å². The first kappa shape index (κ1) is 11.9. The summed E-state index contributed by atoms with van der Waals surface area (Å²) < 4.78 is 0. The summed E-state index contributed by atoms with van der Waals surface area (Å²) in [4.78, 5) is 6.53. The topological polar surface area (TPSA) is 28.2 Å². The fourth-order valence-corrected chi connectivity index (χ4v) is 1.32. The third kappa shape index (κ3) is 5.30. The second-order valence-corrected chi connectivity index (χ2v) is 3.55. The van der Waals surface area contributed by atoms with Crippen molar-refractivity contribution >= 4 is 0 Å². The molecule has 0 atom stereocenters. The summed E-state index contributed by atoms with van der Waals surface area (Å²) in [6.45, 7) is 7.43. The lowest BCUT2D eigenvalue weighted by Gasteiger charge is -2.15. The molecule has 1 aromatic rings. The molecule has 0 saturated heterocycles. The molecule has 1 N–H and O–H groups in total. The molecule has 0 spiro atoms. The lowest BCUT2D eigenvalue weighted by Crippen LogP contribution is -2.29. The van der Waals surface area contributed by atoms with Gasteiger partial charge in [0.1, 0.15) is 0 Å². The average Bonchev–Trinajstić information content (AvgIpc) is 2.26. The molecular weight excluding hydrogens is 186 g/mol. The van der Waals surface area contributed by atoms with Crippen molar-refractivity contribution in [3.8, 4) is 0 Å². The Morgan fingerprint density at radius 2 is 2.40 bits per heavy atom. The minimum atomic E-state index is 0.872. The van der Waals surface area contributed by atoms with Gasteiger partial charge in [-0.05, 0) is 19.2 Å². The molecule has 0 aliphatic heterocycles. The Morgan fingerprint density at radius 3 is 3.07 bits per heavy atom. The molecule has 1 rings (SSSR count). The number of pyridine rings is 1. The Balaban J connectivity index is 2.18. The standard InChI is InChI=1S/C12H19N3/c1-3-7-13-9-10-15(2)11-12-6-4-5-8-14-12/h3-6,8,13H,1,7,9-11H2,2H3. The number of hydrogen-bond donors (Lipinski definition) is 1. The van der Waals surface area contributed by atoms with E-state index in [9.17, 15) is 0 Å². The predicted octanol–water partition coefficient (Wildman–Crippen LogP) is 1.29. The maximum absolute atomic E-state index is 4.28. The van der Waals surface area contributed by atoms with E-state index in [0.717, 1.165) is 31.9 Å². The first-order valence-electron chi connectivity index (χ1n) is 5.23. The van der Waals surface area contributed by atoms with E-state index in [1.165, 1.54) is 0 Å². The molecule has 3 nitrogen and oxygen atoms in total. The van der Waals surface area contributed by atoms with Crippen molar-refractivity contribution < 1.29 is 0 Å². The summed E-state index contributed by atoms with van der Waals surface area (Å²) >= 11 is 0.